The number of carbonyl (C=O) groups excluding carboxylic acids is 2. The minimum atomic E-state index is -3.86. The first-order valence-corrected chi connectivity index (χ1v) is 11.4. The van der Waals surface area contributed by atoms with Crippen molar-refractivity contribution in [3.63, 3.8) is 0 Å². The molecule has 0 radical (unpaired) electrons. The molecular weight excluding hydrogens is 406 g/mol. The van der Waals surface area contributed by atoms with E-state index in [0.29, 0.717) is 17.6 Å². The lowest BCUT2D eigenvalue weighted by Gasteiger charge is -2.30. The van der Waals surface area contributed by atoms with Crippen LogP contribution in [0.3, 0.4) is 0 Å². The second kappa shape index (κ2) is 8.02. The summed E-state index contributed by atoms with van der Waals surface area (Å²) in [6.07, 6.45) is 5.42. The summed E-state index contributed by atoms with van der Waals surface area (Å²) in [5.74, 6) is 0.720. The summed E-state index contributed by atoms with van der Waals surface area (Å²) in [5, 5.41) is 0. The van der Waals surface area contributed by atoms with E-state index in [1.54, 1.807) is 0 Å². The molecule has 9 nitrogen and oxygen atoms in total. The second-order valence-electron chi connectivity index (χ2n) is 7.66. The summed E-state index contributed by atoms with van der Waals surface area (Å²) >= 11 is 0. The Morgan fingerprint density at radius 3 is 2.10 bits per heavy atom. The van der Waals surface area contributed by atoms with E-state index in [-0.39, 0.29) is 35.2 Å². The van der Waals surface area contributed by atoms with Gasteiger partial charge in [0.15, 0.2) is 0 Å². The minimum absolute atomic E-state index is 0.0134. The van der Waals surface area contributed by atoms with Crippen LogP contribution in [0.2, 0.25) is 0 Å². The highest BCUT2D eigenvalue weighted by Gasteiger charge is 2.30. The maximum Gasteiger partial charge on any atom is 0.261 e. The maximum absolute atomic E-state index is 12.7. The lowest BCUT2D eigenvalue weighted by molar-refractivity contribution is -0.121. The second-order valence-corrected chi connectivity index (χ2v) is 9.35. The molecule has 1 aromatic heterocycles. The van der Waals surface area contributed by atoms with Gasteiger partial charge in [0.25, 0.3) is 10.0 Å². The third-order valence-corrected chi connectivity index (χ3v) is 6.81. The highest BCUT2D eigenvalue weighted by molar-refractivity contribution is 7.92. The molecule has 0 atom stereocenters. The zero-order valence-corrected chi connectivity index (χ0v) is 17.4. The smallest absolute Gasteiger partial charge is 0.261 e. The number of aromatic nitrogens is 2. The number of anilines is 3. The Balaban J connectivity index is 1.45. The quantitative estimate of drug-likeness (QED) is 0.725. The van der Waals surface area contributed by atoms with Crippen LogP contribution in [0, 0.1) is 5.92 Å². The molecule has 2 fully saturated rings. The van der Waals surface area contributed by atoms with Gasteiger partial charge >= 0.3 is 0 Å². The van der Waals surface area contributed by atoms with Crippen molar-refractivity contribution >= 4 is 39.2 Å². The number of sulfonamides is 1. The van der Waals surface area contributed by atoms with Crippen LogP contribution < -0.4 is 14.5 Å². The van der Waals surface area contributed by atoms with Gasteiger partial charge in [-0.25, -0.2) is 18.4 Å². The van der Waals surface area contributed by atoms with Gasteiger partial charge in [-0.3, -0.25) is 19.2 Å². The van der Waals surface area contributed by atoms with Crippen molar-refractivity contribution in [3.8, 4) is 0 Å². The fourth-order valence-corrected chi connectivity index (χ4v) is 4.63. The number of hydrogen-bond donors (Lipinski definition) is 1. The fourth-order valence-electron chi connectivity index (χ4n) is 3.60. The SMILES string of the molecule is CC1CCN(c2ncc(NS(=O)(=O)c3ccc(N4C(=O)CCC4=O)cc3)cn2)CC1. The molecule has 10 heteroatoms. The van der Waals surface area contributed by atoms with Gasteiger partial charge in [-0.2, -0.15) is 0 Å². The highest BCUT2D eigenvalue weighted by Crippen LogP contribution is 2.25. The zero-order valence-electron chi connectivity index (χ0n) is 16.6. The first kappa shape index (κ1) is 20.3. The summed E-state index contributed by atoms with van der Waals surface area (Å²) in [7, 11) is -3.86. The molecule has 1 N–H and O–H groups in total. The summed E-state index contributed by atoms with van der Waals surface area (Å²) in [5.41, 5.74) is 0.628. The first-order chi connectivity index (χ1) is 14.3. The topological polar surface area (TPSA) is 113 Å². The molecule has 0 spiro atoms. The van der Waals surface area contributed by atoms with Gasteiger partial charge in [0.1, 0.15) is 0 Å². The molecule has 2 aliphatic heterocycles. The number of rotatable bonds is 5. The van der Waals surface area contributed by atoms with E-state index in [0.717, 1.165) is 30.8 Å². The number of nitrogens with zero attached hydrogens (tertiary/aromatic N) is 4. The molecule has 2 saturated heterocycles. The Morgan fingerprint density at radius 1 is 0.967 bits per heavy atom. The van der Waals surface area contributed by atoms with Crippen LogP contribution in [0.1, 0.15) is 32.6 Å². The van der Waals surface area contributed by atoms with Gasteiger partial charge in [0.2, 0.25) is 17.8 Å². The van der Waals surface area contributed by atoms with Crippen LogP contribution >= 0.6 is 0 Å². The summed E-state index contributed by atoms with van der Waals surface area (Å²) in [4.78, 5) is 35.4. The predicted octanol–water partition coefficient (Wildman–Crippen LogP) is 2.17. The Morgan fingerprint density at radius 2 is 1.53 bits per heavy atom. The van der Waals surface area contributed by atoms with Crippen LogP contribution in [0.15, 0.2) is 41.6 Å². The monoisotopic (exact) mass is 429 g/mol. The van der Waals surface area contributed by atoms with E-state index >= 15 is 0 Å². The molecule has 1 aromatic carbocycles. The van der Waals surface area contributed by atoms with E-state index in [2.05, 4.69) is 26.5 Å². The molecule has 0 aliphatic carbocycles. The third-order valence-electron chi connectivity index (χ3n) is 5.41. The zero-order chi connectivity index (χ0) is 21.3. The van der Waals surface area contributed by atoms with E-state index in [1.165, 1.54) is 36.7 Å². The van der Waals surface area contributed by atoms with Crippen molar-refractivity contribution in [2.75, 3.05) is 27.6 Å². The summed E-state index contributed by atoms with van der Waals surface area (Å²) in [6.45, 7) is 4.00. The Kier molecular flexibility index (Phi) is 5.42. The predicted molar refractivity (Wildman–Crippen MR) is 112 cm³/mol. The van der Waals surface area contributed by atoms with Crippen molar-refractivity contribution in [3.05, 3.63) is 36.7 Å². The molecule has 0 saturated carbocycles. The molecule has 2 amide bonds. The average Bonchev–Trinajstić information content (AvgIpc) is 3.07. The third kappa shape index (κ3) is 4.13. The van der Waals surface area contributed by atoms with Crippen molar-refractivity contribution in [2.45, 2.75) is 37.5 Å². The van der Waals surface area contributed by atoms with Gasteiger partial charge in [0.05, 0.1) is 28.7 Å². The van der Waals surface area contributed by atoms with Crippen LogP contribution in [-0.4, -0.2) is 43.3 Å². The van der Waals surface area contributed by atoms with Crippen LogP contribution in [0.4, 0.5) is 17.3 Å². The molecular formula is C20H23N5O4S. The lowest BCUT2D eigenvalue weighted by Crippen LogP contribution is -2.34. The largest absolute Gasteiger partial charge is 0.341 e. The molecule has 3 heterocycles. The Hall–Kier alpha value is -3.01. The number of hydrogen-bond acceptors (Lipinski definition) is 7. The van der Waals surface area contributed by atoms with E-state index in [9.17, 15) is 18.0 Å². The number of imide groups is 1. The molecule has 2 aliphatic rings. The Labute approximate surface area is 175 Å². The lowest BCUT2D eigenvalue weighted by atomic mass is 10.00. The van der Waals surface area contributed by atoms with E-state index in [1.807, 2.05) is 0 Å². The first-order valence-electron chi connectivity index (χ1n) is 9.89. The molecule has 158 valence electrons. The number of piperidine rings is 1. The standard InChI is InChI=1S/C20H23N5O4S/c1-14-8-10-24(11-9-14)20-21-12-15(13-22-20)23-30(28,29)17-4-2-16(3-5-17)25-18(26)6-7-19(25)27/h2-5,12-14,23H,6-11H2,1H3. The van der Waals surface area contributed by atoms with Gasteiger partial charge in [-0.1, -0.05) is 6.92 Å². The number of carbonyl (C=O) groups is 2. The Bertz CT molecular complexity index is 1030. The molecule has 0 bridgehead atoms. The molecule has 4 rings (SSSR count). The van der Waals surface area contributed by atoms with Gasteiger partial charge in [0, 0.05) is 25.9 Å². The number of nitrogens with one attached hydrogen (secondary N) is 1. The van der Waals surface area contributed by atoms with E-state index in [4.69, 9.17) is 0 Å². The van der Waals surface area contributed by atoms with Gasteiger partial charge in [-0.05, 0) is 43.0 Å². The number of amides is 2. The minimum Gasteiger partial charge on any atom is -0.341 e. The number of benzene rings is 1. The van der Waals surface area contributed by atoms with Crippen molar-refractivity contribution < 1.29 is 18.0 Å². The van der Waals surface area contributed by atoms with Crippen LogP contribution in [0.5, 0.6) is 0 Å². The van der Waals surface area contributed by atoms with Gasteiger partial charge in [-0.15, -0.1) is 0 Å². The normalized spacial score (nSPS) is 18.2. The highest BCUT2D eigenvalue weighted by atomic mass is 32.2. The maximum atomic E-state index is 12.7. The van der Waals surface area contributed by atoms with Crippen LogP contribution in [0.25, 0.3) is 0 Å². The van der Waals surface area contributed by atoms with Gasteiger partial charge < -0.3 is 4.90 Å². The molecule has 2 aromatic rings. The van der Waals surface area contributed by atoms with Crippen LogP contribution in [-0.2, 0) is 19.6 Å². The fraction of sp³-hybridized carbons (Fsp3) is 0.400. The van der Waals surface area contributed by atoms with Crippen molar-refractivity contribution in [2.24, 2.45) is 5.92 Å². The average molecular weight is 430 g/mol. The molecule has 0 unspecified atom stereocenters. The van der Waals surface area contributed by atoms with Crippen molar-refractivity contribution in [1.29, 1.82) is 0 Å². The molecule has 30 heavy (non-hydrogen) atoms. The van der Waals surface area contributed by atoms with Crippen molar-refractivity contribution in [1.82, 2.24) is 9.97 Å². The van der Waals surface area contributed by atoms with E-state index < -0.39 is 10.0 Å². The summed E-state index contributed by atoms with van der Waals surface area (Å²) < 4.78 is 27.8. The summed E-state index contributed by atoms with van der Waals surface area (Å²) in [6, 6.07) is 5.63.